The maximum atomic E-state index is 10.9. The van der Waals surface area contributed by atoms with E-state index in [1.165, 1.54) is 31.2 Å². The zero-order valence-corrected chi connectivity index (χ0v) is 9.16. The van der Waals surface area contributed by atoms with Crippen molar-refractivity contribution in [2.45, 2.75) is 18.6 Å². The number of hydrogen-bond acceptors (Lipinski definition) is 4. The van der Waals surface area contributed by atoms with Crippen LogP contribution in [-0.2, 0) is 4.79 Å². The highest BCUT2D eigenvalue weighted by Gasteiger charge is 2.42. The summed E-state index contributed by atoms with van der Waals surface area (Å²) in [6.07, 6.45) is -1.33. The number of nitro groups is 1. The first-order valence-electron chi connectivity index (χ1n) is 4.78. The van der Waals surface area contributed by atoms with Crippen LogP contribution in [0.5, 0.6) is 0 Å². The van der Waals surface area contributed by atoms with Gasteiger partial charge in [-0.3, -0.25) is 10.1 Å². The largest absolute Gasteiger partial charge is 0.477 e. The van der Waals surface area contributed by atoms with Gasteiger partial charge in [-0.25, -0.2) is 4.79 Å². The molecule has 0 saturated carbocycles. The van der Waals surface area contributed by atoms with Crippen LogP contribution in [-0.4, -0.2) is 26.6 Å². The van der Waals surface area contributed by atoms with E-state index in [4.69, 9.17) is 5.11 Å². The average molecular weight is 241 g/mol. The lowest BCUT2D eigenvalue weighted by Gasteiger charge is -2.22. The summed E-state index contributed by atoms with van der Waals surface area (Å²) in [5, 5.41) is 29.1. The fraction of sp³-hybridized carbons (Fsp3) is 0.300. The molecule has 17 heavy (non-hydrogen) atoms. The second kappa shape index (κ2) is 4.48. The van der Waals surface area contributed by atoms with Gasteiger partial charge in [-0.2, -0.15) is 0 Å². The number of rotatable bonds is 4. The number of carboxylic acid groups (broad SMARTS) is 1. The molecular weight excluding hydrogens is 228 g/mol. The molecule has 0 aliphatic heterocycles. The molecule has 0 fully saturated rings. The van der Waals surface area contributed by atoms with Gasteiger partial charge in [0.15, 0.2) is 0 Å². The topological polar surface area (TPSA) is 128 Å². The van der Waals surface area contributed by atoms with Gasteiger partial charge < -0.3 is 15.9 Å². The van der Waals surface area contributed by atoms with Gasteiger partial charge in [-0.15, -0.1) is 0 Å². The molecule has 0 aliphatic carbocycles. The highest BCUT2D eigenvalue weighted by molar-refractivity contribution is 5.77. The Balaban J connectivity index is 3.02. The van der Waals surface area contributed by atoms with Crippen molar-refractivity contribution in [2.24, 2.45) is 0 Å². The van der Waals surface area contributed by atoms with E-state index in [1.807, 2.05) is 0 Å². The van der Waals surface area contributed by atoms with Crippen LogP contribution in [0, 0.1) is 10.1 Å². The minimum atomic E-state index is -1.60. The minimum Gasteiger partial charge on any atom is -0.477 e. The summed E-state index contributed by atoms with van der Waals surface area (Å²) >= 11 is 0. The van der Waals surface area contributed by atoms with Gasteiger partial charge in [0, 0.05) is 19.1 Å². The van der Waals surface area contributed by atoms with E-state index in [0.717, 1.165) is 0 Å². The summed E-state index contributed by atoms with van der Waals surface area (Å²) < 4.78 is 0. The van der Waals surface area contributed by atoms with Crippen molar-refractivity contribution in [1.82, 2.24) is 0 Å². The van der Waals surface area contributed by atoms with Crippen LogP contribution in [0.4, 0.5) is 5.69 Å². The Kier molecular flexibility index (Phi) is 3.45. The molecule has 92 valence electrons. The van der Waals surface area contributed by atoms with Gasteiger partial charge in [0.1, 0.15) is 6.10 Å². The van der Waals surface area contributed by atoms with Crippen LogP contribution < -0.4 is 5.73 Å². The van der Waals surface area contributed by atoms with E-state index in [2.05, 4.69) is 5.73 Å². The van der Waals surface area contributed by atoms with Crippen molar-refractivity contribution >= 4 is 11.7 Å². The number of nitro benzene ring substituents is 1. The molecule has 0 radical (unpaired) electrons. The van der Waals surface area contributed by atoms with Crippen LogP contribution in [0.15, 0.2) is 24.3 Å². The first-order valence-corrected chi connectivity index (χ1v) is 4.78. The third kappa shape index (κ3) is 2.58. The normalized spacial score (nSPS) is 15.9. The Labute approximate surface area is 96.6 Å². The summed E-state index contributed by atoms with van der Waals surface area (Å²) in [5.74, 6) is -1.25. The minimum absolute atomic E-state index is 0.123. The molecule has 0 aromatic heterocycles. The number of nitrogens with zero attached hydrogens (tertiary/aromatic N) is 1. The second-order valence-electron chi connectivity index (χ2n) is 3.97. The van der Waals surface area contributed by atoms with Crippen molar-refractivity contribution in [2.75, 3.05) is 0 Å². The average Bonchev–Trinajstić information content (AvgIpc) is 2.27. The van der Waals surface area contributed by atoms with Crippen molar-refractivity contribution in [3.05, 3.63) is 39.9 Å². The number of benzene rings is 1. The molecule has 7 heteroatoms. The molecule has 0 bridgehead atoms. The summed E-state index contributed by atoms with van der Waals surface area (Å²) in [4.78, 5) is 20.7. The van der Waals surface area contributed by atoms with Crippen LogP contribution in [0.2, 0.25) is 0 Å². The van der Waals surface area contributed by atoms with Crippen LogP contribution in [0.1, 0.15) is 18.6 Å². The molecule has 1 rings (SSSR count). The lowest BCUT2D eigenvalue weighted by atomic mass is 9.90. The Bertz CT molecular complexity index is 441. The molecule has 0 saturated heterocycles. The number of quaternary nitrogens is 1. The molecule has 2 unspecified atom stereocenters. The van der Waals surface area contributed by atoms with E-state index >= 15 is 0 Å². The highest BCUT2D eigenvalue weighted by atomic mass is 16.6. The van der Waals surface area contributed by atoms with Gasteiger partial charge in [-0.1, -0.05) is 0 Å². The second-order valence-corrected chi connectivity index (χ2v) is 3.97. The van der Waals surface area contributed by atoms with E-state index in [-0.39, 0.29) is 11.3 Å². The van der Waals surface area contributed by atoms with E-state index < -0.39 is 22.5 Å². The molecule has 5 N–H and O–H groups in total. The van der Waals surface area contributed by atoms with Crippen LogP contribution in [0.3, 0.4) is 0 Å². The third-order valence-corrected chi connectivity index (χ3v) is 2.51. The SMILES string of the molecule is CC([NH3+])(C(=O)O)C(O)c1ccc([N+](=O)[O-])cc1. The number of carboxylic acids is 1. The summed E-state index contributed by atoms with van der Waals surface area (Å²) in [6.45, 7) is 1.28. The number of aliphatic hydroxyl groups excluding tert-OH is 1. The van der Waals surface area contributed by atoms with E-state index in [0.29, 0.717) is 0 Å². The zero-order chi connectivity index (χ0) is 13.2. The Morgan fingerprint density at radius 2 is 1.94 bits per heavy atom. The number of aliphatic carboxylic acids is 1. The van der Waals surface area contributed by atoms with Gasteiger partial charge in [0.05, 0.1) is 4.92 Å². The number of non-ortho nitro benzene ring substituents is 1. The number of aliphatic hydroxyl groups is 1. The van der Waals surface area contributed by atoms with Gasteiger partial charge in [-0.05, 0) is 17.7 Å². The first-order chi connectivity index (χ1) is 7.76. The van der Waals surface area contributed by atoms with E-state index in [9.17, 15) is 20.0 Å². The van der Waals surface area contributed by atoms with Crippen LogP contribution in [0.25, 0.3) is 0 Å². The Morgan fingerprint density at radius 3 is 2.29 bits per heavy atom. The molecule has 7 nitrogen and oxygen atoms in total. The predicted octanol–water partition coefficient (Wildman–Crippen LogP) is -0.287. The lowest BCUT2D eigenvalue weighted by molar-refractivity contribution is -0.476. The number of hydrogen-bond donors (Lipinski definition) is 3. The van der Waals surface area contributed by atoms with Gasteiger partial charge in [0.2, 0.25) is 5.54 Å². The zero-order valence-electron chi connectivity index (χ0n) is 9.16. The molecule has 2 atom stereocenters. The number of carbonyl (C=O) groups is 1. The Hall–Kier alpha value is -1.99. The van der Waals surface area contributed by atoms with E-state index in [1.54, 1.807) is 0 Å². The standard InChI is InChI=1S/C10H12N2O5/c1-10(11,9(14)15)8(13)6-2-4-7(5-3-6)12(16)17/h2-5,8,13H,11H2,1H3,(H,14,15)/p+1. The molecule has 0 amide bonds. The molecule has 0 spiro atoms. The molecule has 0 heterocycles. The molecule has 0 aliphatic rings. The smallest absolute Gasteiger partial charge is 0.368 e. The fourth-order valence-electron chi connectivity index (χ4n) is 1.26. The summed E-state index contributed by atoms with van der Waals surface area (Å²) in [5.41, 5.74) is 1.97. The van der Waals surface area contributed by atoms with Crippen molar-refractivity contribution in [3.8, 4) is 0 Å². The summed E-state index contributed by atoms with van der Waals surface area (Å²) in [7, 11) is 0. The molecule has 1 aromatic carbocycles. The molecule has 1 aromatic rings. The Morgan fingerprint density at radius 1 is 1.47 bits per heavy atom. The molecular formula is C10H13N2O5+. The third-order valence-electron chi connectivity index (χ3n) is 2.51. The van der Waals surface area contributed by atoms with Crippen molar-refractivity contribution in [1.29, 1.82) is 0 Å². The lowest BCUT2D eigenvalue weighted by Crippen LogP contribution is -2.77. The predicted molar refractivity (Wildman–Crippen MR) is 57.0 cm³/mol. The van der Waals surface area contributed by atoms with Gasteiger partial charge >= 0.3 is 5.97 Å². The quantitative estimate of drug-likeness (QED) is 0.493. The van der Waals surface area contributed by atoms with Crippen molar-refractivity contribution < 1.29 is 25.7 Å². The first kappa shape index (κ1) is 13.1. The maximum absolute atomic E-state index is 10.9. The summed E-state index contributed by atoms with van der Waals surface area (Å²) in [6, 6.07) is 5.04. The van der Waals surface area contributed by atoms with Crippen LogP contribution >= 0.6 is 0 Å². The van der Waals surface area contributed by atoms with Crippen molar-refractivity contribution in [3.63, 3.8) is 0 Å². The maximum Gasteiger partial charge on any atom is 0.368 e. The van der Waals surface area contributed by atoms with Gasteiger partial charge in [0.25, 0.3) is 5.69 Å². The highest BCUT2D eigenvalue weighted by Crippen LogP contribution is 2.24. The monoisotopic (exact) mass is 241 g/mol. The fourth-order valence-corrected chi connectivity index (χ4v) is 1.26.